The highest BCUT2D eigenvalue weighted by atomic mass is 19.1. The standard InChI is InChI=1S/C21H27FN4O3/c1-3-29-20-13-16(6-7-23-20)14-24-21(27)26-10-8-25(9-11-26)15-17-4-5-19(28-2)18(22)12-17/h4-7,12-13H,3,8-11,14-15H2,1-2H3,(H,24,27). The molecule has 156 valence electrons. The van der Waals surface area contributed by atoms with Crippen LogP contribution in [0.15, 0.2) is 36.5 Å². The minimum Gasteiger partial charge on any atom is -0.494 e. The number of aromatic nitrogens is 1. The summed E-state index contributed by atoms with van der Waals surface area (Å²) in [5, 5.41) is 2.94. The van der Waals surface area contributed by atoms with Gasteiger partial charge >= 0.3 is 6.03 Å². The van der Waals surface area contributed by atoms with Crippen molar-refractivity contribution in [2.75, 3.05) is 39.9 Å². The first-order chi connectivity index (χ1) is 14.1. The maximum atomic E-state index is 13.8. The molecule has 8 heteroatoms. The van der Waals surface area contributed by atoms with Crippen molar-refractivity contribution in [2.24, 2.45) is 0 Å². The van der Waals surface area contributed by atoms with Crippen LogP contribution in [0.3, 0.4) is 0 Å². The van der Waals surface area contributed by atoms with Crippen LogP contribution in [0.5, 0.6) is 11.6 Å². The average Bonchev–Trinajstić information content (AvgIpc) is 2.73. The second kappa shape index (κ2) is 10.1. The first-order valence-electron chi connectivity index (χ1n) is 9.74. The number of urea groups is 1. The van der Waals surface area contributed by atoms with Gasteiger partial charge in [0.2, 0.25) is 5.88 Å². The van der Waals surface area contributed by atoms with Crippen LogP contribution >= 0.6 is 0 Å². The van der Waals surface area contributed by atoms with Crippen molar-refractivity contribution in [3.05, 3.63) is 53.5 Å². The molecule has 0 radical (unpaired) electrons. The van der Waals surface area contributed by atoms with Gasteiger partial charge in [-0.3, -0.25) is 4.90 Å². The molecule has 2 amide bonds. The highest BCUT2D eigenvalue weighted by Crippen LogP contribution is 2.19. The van der Waals surface area contributed by atoms with Gasteiger partial charge in [0.15, 0.2) is 11.6 Å². The van der Waals surface area contributed by atoms with Gasteiger partial charge in [-0.05, 0) is 36.2 Å². The van der Waals surface area contributed by atoms with E-state index in [2.05, 4.69) is 15.2 Å². The van der Waals surface area contributed by atoms with E-state index >= 15 is 0 Å². The molecule has 1 aromatic carbocycles. The molecule has 3 rings (SSSR count). The summed E-state index contributed by atoms with van der Waals surface area (Å²) in [6, 6.07) is 8.61. The molecule has 0 bridgehead atoms. The highest BCUT2D eigenvalue weighted by Gasteiger charge is 2.21. The number of ether oxygens (including phenoxy) is 2. The zero-order valence-electron chi connectivity index (χ0n) is 16.9. The third-order valence-corrected chi connectivity index (χ3v) is 4.82. The molecule has 0 aliphatic carbocycles. The molecule has 0 spiro atoms. The number of pyridine rings is 1. The van der Waals surface area contributed by atoms with Crippen LogP contribution in [0, 0.1) is 5.82 Å². The van der Waals surface area contributed by atoms with Crippen molar-refractivity contribution in [1.82, 2.24) is 20.1 Å². The van der Waals surface area contributed by atoms with Gasteiger partial charge in [-0.1, -0.05) is 6.07 Å². The maximum Gasteiger partial charge on any atom is 0.317 e. The summed E-state index contributed by atoms with van der Waals surface area (Å²) in [5.74, 6) is 0.451. The van der Waals surface area contributed by atoms with Crippen molar-refractivity contribution < 1.29 is 18.7 Å². The smallest absolute Gasteiger partial charge is 0.317 e. The van der Waals surface area contributed by atoms with E-state index in [1.807, 2.05) is 25.1 Å². The lowest BCUT2D eigenvalue weighted by Crippen LogP contribution is -2.51. The number of hydrogen-bond donors (Lipinski definition) is 1. The maximum absolute atomic E-state index is 13.8. The number of nitrogens with one attached hydrogen (secondary N) is 1. The predicted octanol–water partition coefficient (Wildman–Crippen LogP) is 2.66. The van der Waals surface area contributed by atoms with Crippen LogP contribution in [0.1, 0.15) is 18.1 Å². The lowest BCUT2D eigenvalue weighted by Gasteiger charge is -2.34. The van der Waals surface area contributed by atoms with E-state index < -0.39 is 0 Å². The van der Waals surface area contributed by atoms with E-state index in [0.717, 1.165) is 24.2 Å². The average molecular weight is 402 g/mol. The number of halogens is 1. The van der Waals surface area contributed by atoms with E-state index in [0.29, 0.717) is 38.7 Å². The Bertz CT molecular complexity index is 825. The molecule has 2 aromatic rings. The quantitative estimate of drug-likeness (QED) is 0.771. The summed E-state index contributed by atoms with van der Waals surface area (Å²) in [5.41, 5.74) is 1.83. The number of hydrogen-bond acceptors (Lipinski definition) is 5. The first-order valence-corrected chi connectivity index (χ1v) is 9.74. The molecule has 1 N–H and O–H groups in total. The lowest BCUT2D eigenvalue weighted by atomic mass is 10.2. The van der Waals surface area contributed by atoms with Crippen molar-refractivity contribution in [3.63, 3.8) is 0 Å². The minimum absolute atomic E-state index is 0.0880. The lowest BCUT2D eigenvalue weighted by molar-refractivity contribution is 0.135. The monoisotopic (exact) mass is 402 g/mol. The Labute approximate surface area is 170 Å². The number of carbonyl (C=O) groups is 1. The summed E-state index contributed by atoms with van der Waals surface area (Å²) in [7, 11) is 1.45. The first kappa shape index (κ1) is 20.9. The molecule has 0 atom stereocenters. The Morgan fingerprint density at radius 3 is 2.66 bits per heavy atom. The number of methoxy groups -OCH3 is 1. The largest absolute Gasteiger partial charge is 0.494 e. The van der Waals surface area contributed by atoms with E-state index in [9.17, 15) is 9.18 Å². The van der Waals surface area contributed by atoms with Gasteiger partial charge in [-0.15, -0.1) is 0 Å². The van der Waals surface area contributed by atoms with Crippen molar-refractivity contribution in [2.45, 2.75) is 20.0 Å². The molecule has 1 aliphatic rings. The number of rotatable bonds is 7. The molecule has 7 nitrogen and oxygen atoms in total. The third kappa shape index (κ3) is 5.80. The van der Waals surface area contributed by atoms with Gasteiger partial charge in [0.1, 0.15) is 0 Å². The van der Waals surface area contributed by atoms with E-state index in [1.54, 1.807) is 17.2 Å². The fourth-order valence-electron chi connectivity index (χ4n) is 3.25. The Kier molecular flexibility index (Phi) is 7.24. The van der Waals surface area contributed by atoms with Crippen LogP contribution in [-0.2, 0) is 13.1 Å². The molecule has 0 unspecified atom stereocenters. The molecule has 29 heavy (non-hydrogen) atoms. The van der Waals surface area contributed by atoms with Gasteiger partial charge in [0, 0.05) is 51.5 Å². The number of carbonyl (C=O) groups excluding carboxylic acids is 1. The molecular formula is C21H27FN4O3. The Balaban J connectivity index is 1.44. The molecule has 1 aromatic heterocycles. The molecule has 2 heterocycles. The van der Waals surface area contributed by atoms with Crippen molar-refractivity contribution in [1.29, 1.82) is 0 Å². The minimum atomic E-state index is -0.355. The number of piperazine rings is 1. The summed E-state index contributed by atoms with van der Waals surface area (Å²) >= 11 is 0. The number of benzene rings is 1. The number of amides is 2. The third-order valence-electron chi connectivity index (χ3n) is 4.82. The predicted molar refractivity (Wildman–Crippen MR) is 107 cm³/mol. The summed E-state index contributed by atoms with van der Waals surface area (Å²) in [6.07, 6.45) is 1.67. The van der Waals surface area contributed by atoms with Crippen LogP contribution in [-0.4, -0.2) is 60.7 Å². The molecular weight excluding hydrogens is 375 g/mol. The Morgan fingerprint density at radius 2 is 1.97 bits per heavy atom. The van der Waals surface area contributed by atoms with E-state index in [-0.39, 0.29) is 17.6 Å². The van der Waals surface area contributed by atoms with Crippen molar-refractivity contribution in [3.8, 4) is 11.6 Å². The van der Waals surface area contributed by atoms with Gasteiger partial charge in [-0.2, -0.15) is 0 Å². The zero-order chi connectivity index (χ0) is 20.6. The number of nitrogens with zero attached hydrogens (tertiary/aromatic N) is 3. The van der Waals surface area contributed by atoms with Crippen molar-refractivity contribution >= 4 is 6.03 Å². The van der Waals surface area contributed by atoms with Gasteiger partial charge in [-0.25, -0.2) is 14.2 Å². The summed E-state index contributed by atoms with van der Waals surface area (Å²) < 4.78 is 24.2. The normalized spacial score (nSPS) is 14.5. The van der Waals surface area contributed by atoms with Crippen LogP contribution in [0.25, 0.3) is 0 Å². The van der Waals surface area contributed by atoms with Crippen LogP contribution in [0.4, 0.5) is 9.18 Å². The topological polar surface area (TPSA) is 66.9 Å². The fourth-order valence-corrected chi connectivity index (χ4v) is 3.25. The zero-order valence-corrected chi connectivity index (χ0v) is 16.9. The summed E-state index contributed by atoms with van der Waals surface area (Å²) in [4.78, 5) is 20.6. The second-order valence-electron chi connectivity index (χ2n) is 6.83. The van der Waals surface area contributed by atoms with E-state index in [4.69, 9.17) is 9.47 Å². The van der Waals surface area contributed by atoms with Crippen LogP contribution < -0.4 is 14.8 Å². The second-order valence-corrected chi connectivity index (χ2v) is 6.83. The molecule has 0 saturated carbocycles. The Hall–Kier alpha value is -2.87. The van der Waals surface area contributed by atoms with Gasteiger partial charge in [0.05, 0.1) is 13.7 Å². The van der Waals surface area contributed by atoms with Crippen LogP contribution in [0.2, 0.25) is 0 Å². The molecule has 1 fully saturated rings. The van der Waals surface area contributed by atoms with E-state index in [1.165, 1.54) is 13.2 Å². The Morgan fingerprint density at radius 1 is 1.17 bits per heavy atom. The molecule has 1 saturated heterocycles. The van der Waals surface area contributed by atoms with Gasteiger partial charge < -0.3 is 19.7 Å². The molecule has 1 aliphatic heterocycles. The van der Waals surface area contributed by atoms with Gasteiger partial charge in [0.25, 0.3) is 0 Å². The summed E-state index contributed by atoms with van der Waals surface area (Å²) in [6.45, 7) is 6.27. The SMILES string of the molecule is CCOc1cc(CNC(=O)N2CCN(Cc3ccc(OC)c(F)c3)CC2)ccn1. The highest BCUT2D eigenvalue weighted by molar-refractivity contribution is 5.74. The fraction of sp³-hybridized carbons (Fsp3) is 0.429.